The third-order valence-corrected chi connectivity index (χ3v) is 5.12. The van der Waals surface area contributed by atoms with Gasteiger partial charge >= 0.3 is 0 Å². The molecule has 7 nitrogen and oxygen atoms in total. The van der Waals surface area contributed by atoms with Crippen molar-refractivity contribution >= 4 is 27.3 Å². The number of hydrogen-bond donors (Lipinski definition) is 1. The molecule has 2 aromatic carbocycles. The molecule has 0 aromatic heterocycles. The maximum Gasteiger partial charge on any atom is 0.232 e. The molecule has 0 spiro atoms. The molecular formula is C18H20N2O5S. The van der Waals surface area contributed by atoms with Crippen LogP contribution in [0, 0.1) is 6.92 Å². The van der Waals surface area contributed by atoms with Gasteiger partial charge in [-0.1, -0.05) is 17.7 Å². The van der Waals surface area contributed by atoms with Crippen molar-refractivity contribution in [3.05, 3.63) is 48.0 Å². The summed E-state index contributed by atoms with van der Waals surface area (Å²) in [6.45, 7) is 2.09. The summed E-state index contributed by atoms with van der Waals surface area (Å²) in [7, 11) is -3.55. The Morgan fingerprint density at radius 3 is 2.50 bits per heavy atom. The maximum atomic E-state index is 12.2. The van der Waals surface area contributed by atoms with Gasteiger partial charge in [-0.15, -0.1) is 0 Å². The highest BCUT2D eigenvalue weighted by Gasteiger charge is 2.22. The van der Waals surface area contributed by atoms with E-state index in [2.05, 4.69) is 5.32 Å². The number of nitrogens with zero attached hydrogens (tertiary/aromatic N) is 1. The van der Waals surface area contributed by atoms with Crippen LogP contribution in [0.25, 0.3) is 0 Å². The molecule has 1 amide bonds. The second-order valence-electron chi connectivity index (χ2n) is 6.04. The van der Waals surface area contributed by atoms with E-state index in [0.717, 1.165) is 11.8 Å². The molecule has 0 aliphatic carbocycles. The molecule has 26 heavy (non-hydrogen) atoms. The van der Waals surface area contributed by atoms with Crippen LogP contribution in [0.15, 0.2) is 42.5 Å². The molecule has 0 saturated carbocycles. The largest absolute Gasteiger partial charge is 0.454 e. The molecule has 1 heterocycles. The predicted octanol–water partition coefficient (Wildman–Crippen LogP) is 2.52. The molecule has 8 heteroatoms. The number of benzene rings is 2. The molecule has 0 unspecified atom stereocenters. The zero-order chi connectivity index (χ0) is 18.7. The Bertz CT molecular complexity index is 910. The van der Waals surface area contributed by atoms with E-state index in [1.54, 1.807) is 30.3 Å². The number of rotatable bonds is 6. The minimum atomic E-state index is -3.55. The van der Waals surface area contributed by atoms with Gasteiger partial charge in [-0.3, -0.25) is 9.10 Å². The van der Waals surface area contributed by atoms with Crippen LogP contribution in [0.1, 0.15) is 12.0 Å². The quantitative estimate of drug-likeness (QED) is 0.837. The molecule has 1 N–H and O–H groups in total. The first-order chi connectivity index (χ1) is 12.3. The van der Waals surface area contributed by atoms with Crippen molar-refractivity contribution in [1.29, 1.82) is 0 Å². The van der Waals surface area contributed by atoms with E-state index in [9.17, 15) is 13.2 Å². The van der Waals surface area contributed by atoms with E-state index in [4.69, 9.17) is 9.47 Å². The van der Waals surface area contributed by atoms with Gasteiger partial charge in [0, 0.05) is 24.7 Å². The summed E-state index contributed by atoms with van der Waals surface area (Å²) in [4.78, 5) is 12.2. The molecule has 3 rings (SSSR count). The summed E-state index contributed by atoms with van der Waals surface area (Å²) in [5, 5.41) is 2.76. The van der Waals surface area contributed by atoms with Crippen molar-refractivity contribution in [3.8, 4) is 11.5 Å². The highest BCUT2D eigenvalue weighted by Crippen LogP contribution is 2.36. The number of aryl methyl sites for hydroxylation is 1. The first-order valence-electron chi connectivity index (χ1n) is 8.07. The van der Waals surface area contributed by atoms with Crippen LogP contribution in [0.2, 0.25) is 0 Å². The molecule has 0 bridgehead atoms. The van der Waals surface area contributed by atoms with Gasteiger partial charge in [0.15, 0.2) is 11.5 Å². The summed E-state index contributed by atoms with van der Waals surface area (Å²) < 4.78 is 36.0. The number of fused-ring (bicyclic) bond motifs is 1. The van der Waals surface area contributed by atoms with E-state index in [1.807, 2.05) is 19.1 Å². The highest BCUT2D eigenvalue weighted by molar-refractivity contribution is 7.92. The number of carbonyl (C=O) groups excluding carboxylic acids is 1. The average Bonchev–Trinajstić information content (AvgIpc) is 3.03. The molecular weight excluding hydrogens is 356 g/mol. The Hall–Kier alpha value is -2.74. The molecule has 1 aliphatic heterocycles. The fraction of sp³-hybridized carbons (Fsp3) is 0.278. The van der Waals surface area contributed by atoms with Gasteiger partial charge < -0.3 is 14.8 Å². The number of sulfonamides is 1. The van der Waals surface area contributed by atoms with Crippen LogP contribution in [0.3, 0.4) is 0 Å². The number of ether oxygens (including phenoxy) is 2. The predicted molar refractivity (Wildman–Crippen MR) is 99.2 cm³/mol. The molecule has 0 radical (unpaired) electrons. The minimum absolute atomic E-state index is 0.0232. The van der Waals surface area contributed by atoms with Crippen LogP contribution >= 0.6 is 0 Å². The van der Waals surface area contributed by atoms with Gasteiger partial charge in [0.05, 0.1) is 11.9 Å². The summed E-state index contributed by atoms with van der Waals surface area (Å²) in [5.74, 6) is 0.794. The molecule has 2 aromatic rings. The van der Waals surface area contributed by atoms with E-state index >= 15 is 0 Å². The normalized spacial score (nSPS) is 12.7. The van der Waals surface area contributed by atoms with Crippen molar-refractivity contribution in [1.82, 2.24) is 0 Å². The van der Waals surface area contributed by atoms with Gasteiger partial charge in [0.25, 0.3) is 0 Å². The van der Waals surface area contributed by atoms with Gasteiger partial charge in [-0.2, -0.15) is 0 Å². The number of nitrogens with one attached hydrogen (secondary N) is 1. The summed E-state index contributed by atoms with van der Waals surface area (Å²) in [5.41, 5.74) is 2.20. The van der Waals surface area contributed by atoms with Crippen LogP contribution in [0.4, 0.5) is 11.4 Å². The minimum Gasteiger partial charge on any atom is -0.454 e. The number of anilines is 2. The Morgan fingerprint density at radius 1 is 1.12 bits per heavy atom. The van der Waals surface area contributed by atoms with E-state index in [1.165, 1.54) is 4.31 Å². The van der Waals surface area contributed by atoms with E-state index in [-0.39, 0.29) is 25.7 Å². The summed E-state index contributed by atoms with van der Waals surface area (Å²) in [6, 6.07) is 12.3. The lowest BCUT2D eigenvalue weighted by molar-refractivity contribution is -0.116. The monoisotopic (exact) mass is 376 g/mol. The summed E-state index contributed by atoms with van der Waals surface area (Å²) in [6.07, 6.45) is 1.13. The van der Waals surface area contributed by atoms with Crippen molar-refractivity contribution in [2.24, 2.45) is 0 Å². The third kappa shape index (κ3) is 4.26. The Kier molecular flexibility index (Phi) is 5.03. The van der Waals surface area contributed by atoms with Gasteiger partial charge in [-0.05, 0) is 31.2 Å². The Labute approximate surface area is 152 Å². The SMILES string of the molecule is Cc1ccc(NC(=O)CCN(c2ccc3c(c2)OCO3)S(C)(=O)=O)cc1. The van der Waals surface area contributed by atoms with Gasteiger partial charge in [-0.25, -0.2) is 8.42 Å². The fourth-order valence-electron chi connectivity index (χ4n) is 2.59. The summed E-state index contributed by atoms with van der Waals surface area (Å²) >= 11 is 0. The zero-order valence-corrected chi connectivity index (χ0v) is 15.4. The number of hydrogen-bond acceptors (Lipinski definition) is 5. The molecule has 1 aliphatic rings. The second kappa shape index (κ2) is 7.25. The Balaban J connectivity index is 1.69. The Morgan fingerprint density at radius 2 is 1.81 bits per heavy atom. The van der Waals surface area contributed by atoms with E-state index < -0.39 is 10.0 Å². The lowest BCUT2D eigenvalue weighted by Crippen LogP contribution is -2.33. The topological polar surface area (TPSA) is 84.9 Å². The lowest BCUT2D eigenvalue weighted by Gasteiger charge is -2.22. The molecule has 138 valence electrons. The third-order valence-electron chi connectivity index (χ3n) is 3.92. The second-order valence-corrected chi connectivity index (χ2v) is 7.94. The van der Waals surface area contributed by atoms with Crippen molar-refractivity contribution in [2.75, 3.05) is 29.2 Å². The fourth-order valence-corrected chi connectivity index (χ4v) is 3.51. The average molecular weight is 376 g/mol. The molecule has 0 atom stereocenters. The first-order valence-corrected chi connectivity index (χ1v) is 9.91. The van der Waals surface area contributed by atoms with Gasteiger partial charge in [0.1, 0.15) is 0 Å². The van der Waals surface area contributed by atoms with Crippen molar-refractivity contribution < 1.29 is 22.7 Å². The van der Waals surface area contributed by atoms with Crippen LogP contribution in [-0.2, 0) is 14.8 Å². The van der Waals surface area contributed by atoms with Crippen LogP contribution in [-0.4, -0.2) is 33.9 Å². The zero-order valence-electron chi connectivity index (χ0n) is 14.6. The van der Waals surface area contributed by atoms with Crippen LogP contribution < -0.4 is 19.1 Å². The smallest absolute Gasteiger partial charge is 0.232 e. The van der Waals surface area contributed by atoms with Gasteiger partial charge in [0.2, 0.25) is 22.7 Å². The first kappa shape index (κ1) is 18.1. The lowest BCUT2D eigenvalue weighted by atomic mass is 10.2. The standard InChI is InChI=1S/C18H20N2O5S/c1-13-3-5-14(6-4-13)19-18(21)9-10-20(26(2,22)23)15-7-8-16-17(11-15)25-12-24-16/h3-8,11H,9-10,12H2,1-2H3,(H,19,21). The highest BCUT2D eigenvalue weighted by atomic mass is 32.2. The van der Waals surface area contributed by atoms with E-state index in [0.29, 0.717) is 22.9 Å². The maximum absolute atomic E-state index is 12.2. The number of amides is 1. The van der Waals surface area contributed by atoms with Crippen molar-refractivity contribution in [3.63, 3.8) is 0 Å². The van der Waals surface area contributed by atoms with Crippen LogP contribution in [0.5, 0.6) is 11.5 Å². The number of carbonyl (C=O) groups is 1. The molecule has 0 saturated heterocycles. The van der Waals surface area contributed by atoms with Crippen molar-refractivity contribution in [2.45, 2.75) is 13.3 Å². The molecule has 0 fully saturated rings.